The highest BCUT2D eigenvalue weighted by Crippen LogP contribution is 2.35. The van der Waals surface area contributed by atoms with Crippen molar-refractivity contribution in [2.75, 3.05) is 31.1 Å². The van der Waals surface area contributed by atoms with E-state index in [1.165, 1.54) is 28.4 Å². The minimum Gasteiger partial charge on any atom is -0.444 e. The van der Waals surface area contributed by atoms with E-state index < -0.39 is 29.9 Å². The van der Waals surface area contributed by atoms with E-state index in [1.807, 2.05) is 0 Å². The molecule has 1 atom stereocenters. The molecular formula is C21H23ClN6O5. The van der Waals surface area contributed by atoms with Crippen molar-refractivity contribution in [3.63, 3.8) is 0 Å². The zero-order valence-electron chi connectivity index (χ0n) is 18.4. The molecule has 0 N–H and O–H groups in total. The Morgan fingerprint density at radius 2 is 1.64 bits per heavy atom. The number of nitrogens with zero attached hydrogens (tertiary/aromatic N) is 6. The van der Waals surface area contributed by atoms with E-state index in [4.69, 9.17) is 21.1 Å². The maximum absolute atomic E-state index is 13.0. The Hall–Kier alpha value is -3.47. The maximum atomic E-state index is 13.0. The molecule has 0 aromatic carbocycles. The van der Waals surface area contributed by atoms with Gasteiger partial charge in [0, 0.05) is 44.8 Å². The van der Waals surface area contributed by atoms with Crippen LogP contribution in [0.4, 0.5) is 15.4 Å². The van der Waals surface area contributed by atoms with Crippen molar-refractivity contribution >= 4 is 35.5 Å². The zero-order chi connectivity index (χ0) is 23.8. The molecule has 0 saturated carbocycles. The van der Waals surface area contributed by atoms with Crippen LogP contribution in [0.5, 0.6) is 0 Å². The highest BCUT2D eigenvalue weighted by molar-refractivity contribution is 6.30. The van der Waals surface area contributed by atoms with Gasteiger partial charge in [-0.15, -0.1) is 0 Å². The van der Waals surface area contributed by atoms with Gasteiger partial charge < -0.3 is 19.3 Å². The van der Waals surface area contributed by atoms with Gasteiger partial charge in [-0.1, -0.05) is 11.6 Å². The first-order valence-electron chi connectivity index (χ1n) is 10.3. The lowest BCUT2D eigenvalue weighted by atomic mass is 10.2. The van der Waals surface area contributed by atoms with Crippen molar-refractivity contribution in [1.82, 2.24) is 24.8 Å². The number of piperazine rings is 1. The first kappa shape index (κ1) is 22.7. The number of amides is 3. The summed E-state index contributed by atoms with van der Waals surface area (Å²) in [6.45, 7) is 6.49. The topological polar surface area (TPSA) is 118 Å². The third-order valence-corrected chi connectivity index (χ3v) is 5.20. The lowest BCUT2D eigenvalue weighted by molar-refractivity contribution is 0.00907. The SMILES string of the molecule is CC(C)(C)OC(=O)N1CCN(C(=O)OC2c3nccnc3C(=O)N2c2ccc(Cl)cn2)CC1. The molecule has 4 rings (SSSR count). The molecule has 1 unspecified atom stereocenters. The van der Waals surface area contributed by atoms with Crippen molar-refractivity contribution in [3.05, 3.63) is 47.1 Å². The lowest BCUT2D eigenvalue weighted by Gasteiger charge is -2.35. The fourth-order valence-electron chi connectivity index (χ4n) is 3.45. The van der Waals surface area contributed by atoms with E-state index in [9.17, 15) is 14.4 Å². The highest BCUT2D eigenvalue weighted by atomic mass is 35.5. The fourth-order valence-corrected chi connectivity index (χ4v) is 3.56. The van der Waals surface area contributed by atoms with Crippen LogP contribution in [0.1, 0.15) is 43.2 Å². The molecule has 1 fully saturated rings. The minimum absolute atomic E-state index is 0.0850. The van der Waals surface area contributed by atoms with Crippen LogP contribution in [0, 0.1) is 0 Å². The van der Waals surface area contributed by atoms with Gasteiger partial charge in [0.2, 0.25) is 6.23 Å². The minimum atomic E-state index is -1.13. The molecular weight excluding hydrogens is 452 g/mol. The summed E-state index contributed by atoms with van der Waals surface area (Å²) in [5.74, 6) is -0.239. The van der Waals surface area contributed by atoms with Crippen LogP contribution in [0.25, 0.3) is 0 Å². The van der Waals surface area contributed by atoms with Gasteiger partial charge in [0.15, 0.2) is 5.69 Å². The summed E-state index contributed by atoms with van der Waals surface area (Å²) in [5.41, 5.74) is -0.294. The molecule has 2 aliphatic heterocycles. The quantitative estimate of drug-likeness (QED) is 0.652. The fraction of sp³-hybridized carbons (Fsp3) is 0.429. The molecule has 174 valence electrons. The number of anilines is 1. The van der Waals surface area contributed by atoms with Crippen molar-refractivity contribution in [3.8, 4) is 0 Å². The Bertz CT molecular complexity index is 1070. The van der Waals surface area contributed by atoms with Crippen LogP contribution >= 0.6 is 11.6 Å². The molecule has 3 amide bonds. The van der Waals surface area contributed by atoms with E-state index in [0.29, 0.717) is 18.1 Å². The molecule has 2 aliphatic rings. The number of hydrogen-bond donors (Lipinski definition) is 0. The third-order valence-electron chi connectivity index (χ3n) is 4.98. The average Bonchev–Trinajstić information content (AvgIpc) is 3.05. The summed E-state index contributed by atoms with van der Waals surface area (Å²) >= 11 is 5.92. The Morgan fingerprint density at radius 3 is 2.24 bits per heavy atom. The molecule has 0 radical (unpaired) electrons. The number of hydrogen-bond acceptors (Lipinski definition) is 8. The van der Waals surface area contributed by atoms with Crippen LogP contribution in [-0.2, 0) is 9.47 Å². The van der Waals surface area contributed by atoms with Crippen LogP contribution in [0.2, 0.25) is 5.02 Å². The van der Waals surface area contributed by atoms with Gasteiger partial charge in [-0.05, 0) is 32.9 Å². The number of aromatic nitrogens is 3. The standard InChI is InChI=1S/C21H23ClN6O5/c1-21(2,3)33-20(31)27-10-8-26(9-11-27)19(30)32-18-16-15(23-6-7-24-16)17(29)28(18)14-5-4-13(22)12-25-14/h4-7,12,18H,8-11H2,1-3H3. The lowest BCUT2D eigenvalue weighted by Crippen LogP contribution is -2.52. The van der Waals surface area contributed by atoms with Crippen molar-refractivity contribution in [2.24, 2.45) is 0 Å². The van der Waals surface area contributed by atoms with Gasteiger partial charge in [-0.3, -0.25) is 9.78 Å². The van der Waals surface area contributed by atoms with E-state index >= 15 is 0 Å². The smallest absolute Gasteiger partial charge is 0.412 e. The van der Waals surface area contributed by atoms with Gasteiger partial charge in [0.1, 0.15) is 17.1 Å². The van der Waals surface area contributed by atoms with Gasteiger partial charge >= 0.3 is 12.2 Å². The van der Waals surface area contributed by atoms with Crippen molar-refractivity contribution in [2.45, 2.75) is 32.6 Å². The zero-order valence-corrected chi connectivity index (χ0v) is 19.2. The molecule has 1 saturated heterocycles. The Labute approximate surface area is 195 Å². The summed E-state index contributed by atoms with van der Waals surface area (Å²) in [6, 6.07) is 3.13. The number of ether oxygens (including phenoxy) is 2. The van der Waals surface area contributed by atoms with Crippen LogP contribution in [0.3, 0.4) is 0 Å². The summed E-state index contributed by atoms with van der Waals surface area (Å²) in [4.78, 5) is 54.9. The Balaban J connectivity index is 1.47. The van der Waals surface area contributed by atoms with Crippen LogP contribution in [-0.4, -0.2) is 74.6 Å². The molecule has 12 heteroatoms. The summed E-state index contributed by atoms with van der Waals surface area (Å²) in [7, 11) is 0. The summed E-state index contributed by atoms with van der Waals surface area (Å²) < 4.78 is 11.1. The summed E-state index contributed by atoms with van der Waals surface area (Å²) in [6.07, 6.45) is 2.00. The molecule has 0 spiro atoms. The molecule has 0 bridgehead atoms. The van der Waals surface area contributed by atoms with Gasteiger partial charge in [-0.25, -0.2) is 24.5 Å². The Morgan fingerprint density at radius 1 is 1.00 bits per heavy atom. The predicted octanol–water partition coefficient (Wildman–Crippen LogP) is 2.87. The van der Waals surface area contributed by atoms with E-state index in [-0.39, 0.29) is 30.3 Å². The number of carbonyl (C=O) groups excluding carboxylic acids is 3. The first-order valence-corrected chi connectivity index (χ1v) is 10.7. The van der Waals surface area contributed by atoms with Gasteiger partial charge in [0.25, 0.3) is 5.91 Å². The second kappa shape index (κ2) is 8.81. The number of pyridine rings is 1. The molecule has 11 nitrogen and oxygen atoms in total. The summed E-state index contributed by atoms with van der Waals surface area (Å²) in [5, 5.41) is 0.399. The van der Waals surface area contributed by atoms with E-state index in [0.717, 1.165) is 0 Å². The maximum Gasteiger partial charge on any atom is 0.412 e. The predicted molar refractivity (Wildman–Crippen MR) is 117 cm³/mol. The van der Waals surface area contributed by atoms with E-state index in [1.54, 1.807) is 37.8 Å². The van der Waals surface area contributed by atoms with Crippen LogP contribution < -0.4 is 4.90 Å². The average molecular weight is 475 g/mol. The Kier molecular flexibility index (Phi) is 6.07. The third kappa shape index (κ3) is 4.82. The number of rotatable bonds is 2. The second-order valence-corrected chi connectivity index (χ2v) is 8.93. The van der Waals surface area contributed by atoms with Crippen LogP contribution in [0.15, 0.2) is 30.7 Å². The monoisotopic (exact) mass is 474 g/mol. The molecule has 2 aromatic heterocycles. The molecule has 0 aliphatic carbocycles. The van der Waals surface area contributed by atoms with Gasteiger partial charge in [0.05, 0.1) is 5.02 Å². The number of fused-ring (bicyclic) bond motifs is 1. The largest absolute Gasteiger partial charge is 0.444 e. The van der Waals surface area contributed by atoms with Gasteiger partial charge in [-0.2, -0.15) is 0 Å². The molecule has 33 heavy (non-hydrogen) atoms. The number of carbonyl (C=O) groups is 3. The normalized spacial score (nSPS) is 18.2. The van der Waals surface area contributed by atoms with E-state index in [2.05, 4.69) is 15.0 Å². The molecule has 4 heterocycles. The second-order valence-electron chi connectivity index (χ2n) is 8.49. The van der Waals surface area contributed by atoms with Crippen molar-refractivity contribution < 1.29 is 23.9 Å². The first-order chi connectivity index (χ1) is 15.6. The molecule has 2 aromatic rings. The van der Waals surface area contributed by atoms with Crippen molar-refractivity contribution in [1.29, 1.82) is 0 Å². The highest BCUT2D eigenvalue weighted by Gasteiger charge is 2.44. The number of halogens is 1.